The minimum absolute atomic E-state index is 0.00516. The lowest BCUT2D eigenvalue weighted by atomic mass is 9.84. The number of likely N-dealkylation sites (tertiary alicyclic amines) is 1. The molecule has 6 heterocycles. The molecule has 0 radical (unpaired) electrons. The van der Waals surface area contributed by atoms with Crippen LogP contribution in [-0.4, -0.2) is 78.0 Å². The number of carbonyl (C=O) groups is 3. The smallest absolute Gasteiger partial charge is 0.382 e. The fourth-order valence-electron chi connectivity index (χ4n) is 9.12. The molecule has 13 nitrogen and oxygen atoms in total. The lowest BCUT2D eigenvalue weighted by molar-refractivity contribution is -0.138. The number of amides is 3. The molecule has 1 aromatic carbocycles. The molecule has 1 unspecified atom stereocenters. The molecule has 0 spiro atoms. The summed E-state index contributed by atoms with van der Waals surface area (Å²) in [5, 5.41) is 9.29. The van der Waals surface area contributed by atoms with E-state index in [1.807, 2.05) is 26.0 Å². The number of hydrogen-bond donors (Lipinski definition) is 3. The lowest BCUT2D eigenvalue weighted by Gasteiger charge is -2.37. The third kappa shape index (κ3) is 7.73. The van der Waals surface area contributed by atoms with Crippen molar-refractivity contribution in [2.24, 2.45) is 13.0 Å². The van der Waals surface area contributed by atoms with Crippen LogP contribution in [0.5, 0.6) is 0 Å². The summed E-state index contributed by atoms with van der Waals surface area (Å²) >= 11 is 0. The first-order chi connectivity index (χ1) is 27.7. The molecule has 5 aromatic rings. The molecule has 8 rings (SSSR count). The number of carbonyl (C=O) groups excluding carboxylic acids is 3. The molecule has 3 fully saturated rings. The molecule has 2 saturated heterocycles. The Morgan fingerprint density at radius 3 is 2.43 bits per heavy atom. The number of halogens is 3. The quantitative estimate of drug-likeness (QED) is 0.153. The zero-order valence-corrected chi connectivity index (χ0v) is 32.8. The number of hydrogen-bond acceptors (Lipinski definition) is 8. The summed E-state index contributed by atoms with van der Waals surface area (Å²) in [6.07, 6.45) is 5.60. The largest absolute Gasteiger partial charge is 0.417 e. The number of para-hydroxylation sites is 1. The molecule has 3 N–H and O–H groups in total. The van der Waals surface area contributed by atoms with Crippen molar-refractivity contribution in [1.29, 1.82) is 0 Å². The highest BCUT2D eigenvalue weighted by Crippen LogP contribution is 2.36. The van der Waals surface area contributed by atoms with E-state index >= 15 is 0 Å². The van der Waals surface area contributed by atoms with Gasteiger partial charge < -0.3 is 15.5 Å². The first kappa shape index (κ1) is 39.3. The molecule has 3 aliphatic rings. The zero-order chi connectivity index (χ0) is 40.9. The topological polar surface area (TPSA) is 148 Å². The van der Waals surface area contributed by atoms with Crippen molar-refractivity contribution in [2.75, 3.05) is 25.0 Å². The highest BCUT2D eigenvalue weighted by atomic mass is 19.4. The van der Waals surface area contributed by atoms with Gasteiger partial charge in [-0.1, -0.05) is 12.1 Å². The summed E-state index contributed by atoms with van der Waals surface area (Å²) in [5.74, 6) is 0.258. The van der Waals surface area contributed by atoms with Gasteiger partial charge in [0.05, 0.1) is 27.8 Å². The number of nitrogens with zero attached hydrogens (tertiary/aromatic N) is 6. The first-order valence-corrected chi connectivity index (χ1v) is 20.1. The fourth-order valence-corrected chi connectivity index (χ4v) is 9.12. The number of imide groups is 1. The second kappa shape index (κ2) is 15.7. The van der Waals surface area contributed by atoms with Gasteiger partial charge in [0.25, 0.3) is 5.91 Å². The summed E-state index contributed by atoms with van der Waals surface area (Å²) in [6.45, 7) is 6.81. The highest BCUT2D eigenvalue weighted by Gasteiger charge is 2.34. The second-order valence-electron chi connectivity index (χ2n) is 16.4. The van der Waals surface area contributed by atoms with Gasteiger partial charge in [-0.15, -0.1) is 0 Å². The molecule has 1 saturated carbocycles. The van der Waals surface area contributed by atoms with E-state index in [1.165, 1.54) is 6.20 Å². The maximum Gasteiger partial charge on any atom is 0.417 e. The number of alkyl halides is 3. The van der Waals surface area contributed by atoms with Crippen molar-refractivity contribution in [2.45, 2.75) is 95.4 Å². The predicted molar refractivity (Wildman–Crippen MR) is 213 cm³/mol. The normalized spacial score (nSPS) is 21.2. The van der Waals surface area contributed by atoms with Gasteiger partial charge in [-0.3, -0.25) is 33.4 Å². The van der Waals surface area contributed by atoms with Crippen LogP contribution in [0.2, 0.25) is 0 Å². The number of aryl methyl sites for hydroxylation is 1. The summed E-state index contributed by atoms with van der Waals surface area (Å²) in [4.78, 5) is 62.7. The van der Waals surface area contributed by atoms with Crippen molar-refractivity contribution in [3.8, 4) is 5.82 Å². The van der Waals surface area contributed by atoms with E-state index in [0.717, 1.165) is 87.0 Å². The maximum absolute atomic E-state index is 13.7. The summed E-state index contributed by atoms with van der Waals surface area (Å²) in [5.41, 5.74) is 2.93. The van der Waals surface area contributed by atoms with Crippen LogP contribution in [-0.2, 0) is 22.8 Å². The minimum Gasteiger partial charge on any atom is -0.382 e. The maximum atomic E-state index is 13.7. The van der Waals surface area contributed by atoms with Crippen LogP contribution in [0.15, 0.2) is 59.8 Å². The number of nitrogens with one attached hydrogen (secondary N) is 3. The summed E-state index contributed by atoms with van der Waals surface area (Å²) in [7, 11) is 1.76. The molecule has 1 aliphatic carbocycles. The number of piperidine rings is 2. The molecular weight excluding hydrogens is 752 g/mol. The van der Waals surface area contributed by atoms with E-state index < -0.39 is 23.7 Å². The van der Waals surface area contributed by atoms with Crippen LogP contribution in [0, 0.1) is 5.92 Å². The van der Waals surface area contributed by atoms with Crippen LogP contribution in [0.3, 0.4) is 0 Å². The molecule has 0 bridgehead atoms. The fraction of sp³-hybridized carbons (Fsp3) is 0.476. The minimum atomic E-state index is -4.50. The van der Waals surface area contributed by atoms with Gasteiger partial charge in [-0.05, 0) is 107 Å². The van der Waals surface area contributed by atoms with E-state index in [1.54, 1.807) is 39.1 Å². The van der Waals surface area contributed by atoms with E-state index in [-0.39, 0.29) is 41.9 Å². The predicted octanol–water partition coefficient (Wildman–Crippen LogP) is 6.06. The summed E-state index contributed by atoms with van der Waals surface area (Å²) < 4.78 is 44.6. The van der Waals surface area contributed by atoms with Crippen molar-refractivity contribution in [1.82, 2.24) is 39.2 Å². The Labute approximate surface area is 333 Å². The SMILES string of the molecule is CC(C)Nc1cc(-n2ccc3cc(C(F)(F)F)cnc32)ncc1C(=O)NC1CCC(CN2CCC(c3cccc4c3n(C)c(=O)n4C3CCC(=O)NC3=O)CC2)CC1. The second-order valence-corrected chi connectivity index (χ2v) is 16.4. The Hall–Kier alpha value is -5.51. The number of imidazole rings is 1. The van der Waals surface area contributed by atoms with Gasteiger partial charge >= 0.3 is 11.9 Å². The third-order valence-electron chi connectivity index (χ3n) is 12.1. The number of anilines is 1. The molecule has 58 heavy (non-hydrogen) atoms. The van der Waals surface area contributed by atoms with Crippen LogP contribution in [0.1, 0.15) is 98.7 Å². The van der Waals surface area contributed by atoms with Crippen LogP contribution in [0.25, 0.3) is 27.9 Å². The highest BCUT2D eigenvalue weighted by molar-refractivity contribution is 6.00. The summed E-state index contributed by atoms with van der Waals surface area (Å²) in [6, 6.07) is 9.62. The number of pyridine rings is 2. The van der Waals surface area contributed by atoms with Gasteiger partial charge in [0, 0.05) is 62.1 Å². The Morgan fingerprint density at radius 1 is 0.966 bits per heavy atom. The Morgan fingerprint density at radius 2 is 1.72 bits per heavy atom. The standard InChI is InChI=1S/C42H48F3N9O4/c1-24(2)48-32-20-35(53-18-15-27-19-28(42(43,44)45)21-47-38(27)53)46-22-31(32)39(56)49-29-9-7-25(8-10-29)23-52-16-13-26(14-17-52)30-5-4-6-33-37(30)51(3)41(58)54(33)34-11-12-36(55)50-40(34)57/h4-6,15,18-22,24-26,29,34H,7-14,16-17,23H2,1-3H3,(H,46,48)(H,49,56)(H,50,55,57). The van der Waals surface area contributed by atoms with E-state index in [0.29, 0.717) is 40.4 Å². The lowest BCUT2D eigenvalue weighted by Crippen LogP contribution is -2.44. The third-order valence-corrected chi connectivity index (χ3v) is 12.1. The van der Waals surface area contributed by atoms with E-state index in [2.05, 4.69) is 36.9 Å². The van der Waals surface area contributed by atoms with Crippen LogP contribution in [0.4, 0.5) is 18.9 Å². The van der Waals surface area contributed by atoms with Crippen molar-refractivity contribution < 1.29 is 27.6 Å². The number of benzene rings is 1. The Kier molecular flexibility index (Phi) is 10.6. The van der Waals surface area contributed by atoms with Crippen molar-refractivity contribution >= 4 is 45.5 Å². The molecule has 1 atom stereocenters. The van der Waals surface area contributed by atoms with Gasteiger partial charge in [0.2, 0.25) is 11.8 Å². The Bertz CT molecular complexity index is 2440. The molecule has 2 aliphatic heterocycles. The number of rotatable bonds is 9. The van der Waals surface area contributed by atoms with Gasteiger partial charge in [0.1, 0.15) is 17.5 Å². The molecular formula is C42H48F3N9O4. The average Bonchev–Trinajstić information content (AvgIpc) is 3.73. The van der Waals surface area contributed by atoms with Gasteiger partial charge in [-0.2, -0.15) is 13.2 Å². The van der Waals surface area contributed by atoms with Crippen molar-refractivity contribution in [3.63, 3.8) is 0 Å². The molecule has 16 heteroatoms. The first-order valence-electron chi connectivity index (χ1n) is 20.1. The molecule has 4 aromatic heterocycles. The van der Waals surface area contributed by atoms with Gasteiger partial charge in [0.15, 0.2) is 0 Å². The van der Waals surface area contributed by atoms with Crippen molar-refractivity contribution in [3.05, 3.63) is 82.2 Å². The van der Waals surface area contributed by atoms with E-state index in [9.17, 15) is 32.3 Å². The van der Waals surface area contributed by atoms with Crippen LogP contribution < -0.4 is 21.6 Å². The monoisotopic (exact) mass is 799 g/mol. The van der Waals surface area contributed by atoms with Gasteiger partial charge in [-0.25, -0.2) is 14.8 Å². The van der Waals surface area contributed by atoms with Crippen LogP contribution >= 0.6 is 0 Å². The average molecular weight is 800 g/mol. The van der Waals surface area contributed by atoms with E-state index in [4.69, 9.17) is 0 Å². The molecule has 306 valence electrons. The molecule has 3 amide bonds. The number of fused-ring (bicyclic) bond motifs is 2. The Balaban J connectivity index is 0.867. The zero-order valence-electron chi connectivity index (χ0n) is 32.8. The number of aromatic nitrogens is 5.